The number of rotatable bonds is 6. The Kier molecular flexibility index (Phi) is 5.45. The molecule has 0 aliphatic carbocycles. The van der Waals surface area contributed by atoms with E-state index < -0.39 is 23.9 Å². The molecule has 5 heterocycles. The van der Waals surface area contributed by atoms with Crippen LogP contribution in [0.15, 0.2) is 36.6 Å². The first kappa shape index (κ1) is 21.9. The Morgan fingerprint density at radius 2 is 2.12 bits per heavy atom. The predicted molar refractivity (Wildman–Crippen MR) is 116 cm³/mol. The first-order chi connectivity index (χ1) is 16.4. The molecule has 1 atom stereocenters. The molecule has 5 rings (SSSR count). The van der Waals surface area contributed by atoms with Gasteiger partial charge < -0.3 is 19.8 Å². The van der Waals surface area contributed by atoms with Gasteiger partial charge in [0, 0.05) is 42.6 Å². The number of aliphatic carboxylic acids is 1. The normalized spacial score (nSPS) is 17.7. The van der Waals surface area contributed by atoms with Crippen molar-refractivity contribution in [1.82, 2.24) is 24.1 Å². The van der Waals surface area contributed by atoms with E-state index in [2.05, 4.69) is 19.4 Å². The fraction of sp³-hybridized carbons (Fsp3) is 0.300. The lowest BCUT2D eigenvalue weighted by atomic mass is 9.99. The second-order valence-corrected chi connectivity index (χ2v) is 8.34. The van der Waals surface area contributed by atoms with Crippen LogP contribution >= 0.6 is 11.5 Å². The van der Waals surface area contributed by atoms with E-state index in [-0.39, 0.29) is 35.4 Å². The summed E-state index contributed by atoms with van der Waals surface area (Å²) in [5, 5.41) is 24.5. The summed E-state index contributed by atoms with van der Waals surface area (Å²) in [5.74, 6) is -2.30. The van der Waals surface area contributed by atoms with Gasteiger partial charge in [-0.05, 0) is 13.0 Å². The van der Waals surface area contributed by atoms with Crippen molar-refractivity contribution in [2.75, 3.05) is 29.5 Å². The van der Waals surface area contributed by atoms with Gasteiger partial charge in [0.05, 0.1) is 30.0 Å². The number of hydrogen-bond acceptors (Lipinski definition) is 11. The Labute approximate surface area is 195 Å². The monoisotopic (exact) mass is 487 g/mol. The van der Waals surface area contributed by atoms with Gasteiger partial charge in [0.15, 0.2) is 11.6 Å². The molecule has 1 fully saturated rings. The lowest BCUT2D eigenvalue weighted by Gasteiger charge is -2.41. The smallest absolute Gasteiger partial charge is 0.341 e. The molecule has 1 saturated heterocycles. The zero-order valence-electron chi connectivity index (χ0n) is 17.7. The van der Waals surface area contributed by atoms with Crippen molar-refractivity contribution < 1.29 is 28.9 Å². The van der Waals surface area contributed by atoms with Crippen molar-refractivity contribution in [3.05, 3.63) is 53.5 Å². The molecule has 2 aliphatic heterocycles. The number of halogens is 1. The number of pyridine rings is 1. The van der Waals surface area contributed by atoms with Gasteiger partial charge in [-0.25, -0.2) is 23.9 Å². The van der Waals surface area contributed by atoms with E-state index in [4.69, 9.17) is 4.74 Å². The first-order valence-corrected chi connectivity index (χ1v) is 11.0. The number of nitrogens with zero attached hydrogens (tertiary/aromatic N) is 7. The van der Waals surface area contributed by atoms with Gasteiger partial charge in [-0.1, -0.05) is 0 Å². The molecule has 12 nitrogen and oxygen atoms in total. The van der Waals surface area contributed by atoms with E-state index in [0.717, 1.165) is 17.6 Å². The van der Waals surface area contributed by atoms with Crippen molar-refractivity contribution >= 4 is 40.2 Å². The quantitative estimate of drug-likeness (QED) is 0.489. The molecule has 0 radical (unpaired) electrons. The minimum absolute atomic E-state index is 0.0135. The van der Waals surface area contributed by atoms with Gasteiger partial charge in [-0.15, -0.1) is 0 Å². The Morgan fingerprint density at radius 1 is 1.32 bits per heavy atom. The Balaban J connectivity index is 1.42. The summed E-state index contributed by atoms with van der Waals surface area (Å²) in [4.78, 5) is 35.0. The van der Waals surface area contributed by atoms with E-state index in [9.17, 15) is 19.8 Å². The summed E-state index contributed by atoms with van der Waals surface area (Å²) in [6, 6.07) is 0.982. The van der Waals surface area contributed by atoms with Crippen LogP contribution in [0.3, 0.4) is 0 Å². The average Bonchev–Trinajstić information content (AvgIpc) is 3.46. The van der Waals surface area contributed by atoms with Crippen LogP contribution in [-0.4, -0.2) is 66.0 Å². The standard InChI is InChI=1S/C20H18FN7O5S/c1-2-33-19(32)10-4-23-28(5-10)11-6-26(7-11)17-14(21)3-12-15(29)13(18(30)31)8-27(16(12)25-17)20-22-9-24-34-20/h3-5,8-9,11,15,29H,2,6-7H2,1H3,(H,30,31). The van der Waals surface area contributed by atoms with Gasteiger partial charge in [-0.2, -0.15) is 9.47 Å². The number of carboxylic acid groups (broad SMARTS) is 1. The first-order valence-electron chi connectivity index (χ1n) is 10.2. The van der Waals surface area contributed by atoms with Crippen molar-refractivity contribution in [2.45, 2.75) is 19.1 Å². The van der Waals surface area contributed by atoms with Gasteiger partial charge >= 0.3 is 11.9 Å². The van der Waals surface area contributed by atoms with Gasteiger partial charge in [0.25, 0.3) is 0 Å². The van der Waals surface area contributed by atoms with Crippen molar-refractivity contribution in [2.24, 2.45) is 0 Å². The third kappa shape index (κ3) is 3.66. The van der Waals surface area contributed by atoms with Crippen LogP contribution < -0.4 is 9.80 Å². The fourth-order valence-corrected chi connectivity index (χ4v) is 4.29. The number of carbonyl (C=O) groups excluding carboxylic acids is 1. The molecule has 176 valence electrons. The van der Waals surface area contributed by atoms with Gasteiger partial charge in [0.1, 0.15) is 18.2 Å². The number of carboxylic acids is 1. The number of fused-ring (bicyclic) bond motifs is 1. The maximum absolute atomic E-state index is 15.0. The highest BCUT2D eigenvalue weighted by Gasteiger charge is 2.37. The van der Waals surface area contributed by atoms with E-state index >= 15 is 4.39 Å². The summed E-state index contributed by atoms with van der Waals surface area (Å²) in [6.45, 7) is 2.74. The summed E-state index contributed by atoms with van der Waals surface area (Å²) in [5.41, 5.74) is 0.0115. The number of anilines is 3. The SMILES string of the molecule is CCOC(=O)c1cnn(C2CN(c3nc4c(cc3F)C(O)C(C(=O)O)=CN4c3ncns3)C2)c1. The van der Waals surface area contributed by atoms with E-state index in [1.807, 2.05) is 0 Å². The largest absolute Gasteiger partial charge is 0.478 e. The van der Waals surface area contributed by atoms with Crippen molar-refractivity contribution in [3.63, 3.8) is 0 Å². The summed E-state index contributed by atoms with van der Waals surface area (Å²) in [6.07, 6.45) is 3.97. The Bertz CT molecular complexity index is 1290. The number of aliphatic hydroxyl groups is 1. The summed E-state index contributed by atoms with van der Waals surface area (Å²) in [7, 11) is 0. The minimum Gasteiger partial charge on any atom is -0.478 e. The average molecular weight is 487 g/mol. The maximum Gasteiger partial charge on any atom is 0.341 e. The third-order valence-corrected chi connectivity index (χ3v) is 6.17. The molecule has 14 heteroatoms. The highest BCUT2D eigenvalue weighted by molar-refractivity contribution is 7.09. The molecule has 0 saturated carbocycles. The molecule has 2 N–H and O–H groups in total. The lowest BCUT2D eigenvalue weighted by molar-refractivity contribution is -0.133. The summed E-state index contributed by atoms with van der Waals surface area (Å²) < 4.78 is 25.5. The molecule has 1 unspecified atom stereocenters. The second-order valence-electron chi connectivity index (χ2n) is 7.58. The Hall–Kier alpha value is -3.91. The van der Waals surface area contributed by atoms with E-state index in [1.54, 1.807) is 22.7 Å². The third-order valence-electron chi connectivity index (χ3n) is 5.50. The zero-order valence-corrected chi connectivity index (χ0v) is 18.5. The number of aliphatic hydroxyl groups excluding tert-OH is 1. The molecule has 0 aromatic carbocycles. The molecule has 3 aromatic rings. The lowest BCUT2D eigenvalue weighted by Crippen LogP contribution is -2.49. The number of hydrogen-bond donors (Lipinski definition) is 2. The van der Waals surface area contributed by atoms with Gasteiger partial charge in [0.2, 0.25) is 5.13 Å². The molecule has 0 spiro atoms. The zero-order chi connectivity index (χ0) is 24.0. The van der Waals surface area contributed by atoms with Crippen LogP contribution in [0.2, 0.25) is 0 Å². The molecule has 3 aromatic heterocycles. The highest BCUT2D eigenvalue weighted by atomic mass is 32.1. The van der Waals surface area contributed by atoms with Crippen LogP contribution in [0.25, 0.3) is 0 Å². The number of carbonyl (C=O) groups is 2. The molecule has 34 heavy (non-hydrogen) atoms. The molecule has 0 amide bonds. The van der Waals surface area contributed by atoms with E-state index in [1.165, 1.54) is 23.6 Å². The number of esters is 1. The van der Waals surface area contributed by atoms with Crippen LogP contribution in [0.4, 0.5) is 21.2 Å². The summed E-state index contributed by atoms with van der Waals surface area (Å²) >= 11 is 1.00. The fourth-order valence-electron chi connectivity index (χ4n) is 3.78. The predicted octanol–water partition coefficient (Wildman–Crippen LogP) is 1.66. The maximum atomic E-state index is 15.0. The van der Waals surface area contributed by atoms with Crippen molar-refractivity contribution in [3.8, 4) is 0 Å². The Morgan fingerprint density at radius 3 is 2.79 bits per heavy atom. The number of ether oxygens (including phenoxy) is 1. The van der Waals surface area contributed by atoms with Crippen LogP contribution in [0, 0.1) is 5.82 Å². The molecular formula is C20H18FN7O5S. The van der Waals surface area contributed by atoms with Crippen LogP contribution in [-0.2, 0) is 9.53 Å². The minimum atomic E-state index is -1.55. The highest BCUT2D eigenvalue weighted by Crippen LogP contribution is 2.42. The van der Waals surface area contributed by atoms with Gasteiger partial charge in [-0.3, -0.25) is 9.58 Å². The molecular weight excluding hydrogens is 469 g/mol. The topological polar surface area (TPSA) is 147 Å². The molecule has 2 aliphatic rings. The molecule has 0 bridgehead atoms. The van der Waals surface area contributed by atoms with Crippen LogP contribution in [0.1, 0.15) is 35.0 Å². The van der Waals surface area contributed by atoms with Crippen molar-refractivity contribution in [1.29, 1.82) is 0 Å². The van der Waals surface area contributed by atoms with Crippen LogP contribution in [0.5, 0.6) is 0 Å². The van der Waals surface area contributed by atoms with E-state index in [0.29, 0.717) is 23.8 Å². The second kappa shape index (κ2) is 8.46. The number of aromatic nitrogens is 5.